The van der Waals surface area contributed by atoms with E-state index in [0.717, 1.165) is 19.4 Å². The molecule has 0 spiro atoms. The molecule has 0 saturated carbocycles. The van der Waals surface area contributed by atoms with Crippen LogP contribution in [0.3, 0.4) is 0 Å². The molecule has 0 radical (unpaired) electrons. The van der Waals surface area contributed by atoms with Gasteiger partial charge in [-0.2, -0.15) is 0 Å². The number of aliphatic imine (C=N–C) groups is 1. The van der Waals surface area contributed by atoms with E-state index in [9.17, 15) is 0 Å². The third-order valence-corrected chi connectivity index (χ3v) is 3.21. The van der Waals surface area contributed by atoms with Crippen molar-refractivity contribution in [1.29, 1.82) is 0 Å². The summed E-state index contributed by atoms with van der Waals surface area (Å²) in [5.74, 6) is 0. The first-order valence-electron chi connectivity index (χ1n) is 6.93. The summed E-state index contributed by atoms with van der Waals surface area (Å²) in [5.41, 5.74) is 5.91. The topological polar surface area (TPSA) is 41.6 Å². The molecule has 0 fully saturated rings. The summed E-state index contributed by atoms with van der Waals surface area (Å²) in [6.45, 7) is 5.13. The maximum atomic E-state index is 5.91. The Morgan fingerprint density at radius 2 is 2.24 bits per heavy atom. The highest BCUT2D eigenvalue weighted by Gasteiger charge is 2.22. The Labute approximate surface area is 106 Å². The molecule has 0 aromatic heterocycles. The van der Waals surface area contributed by atoms with Crippen LogP contribution < -0.4 is 5.73 Å². The van der Waals surface area contributed by atoms with Crippen LogP contribution in [0.2, 0.25) is 0 Å². The maximum Gasteiger partial charge on any atom is 0.103 e. The van der Waals surface area contributed by atoms with Crippen LogP contribution in [0.25, 0.3) is 0 Å². The summed E-state index contributed by atoms with van der Waals surface area (Å²) >= 11 is 0. The number of allylic oxidation sites excluding steroid dienone is 2. The van der Waals surface area contributed by atoms with E-state index in [1.807, 2.05) is 13.1 Å². The molecule has 0 aromatic rings. The van der Waals surface area contributed by atoms with Gasteiger partial charge in [0.1, 0.15) is 6.17 Å². The van der Waals surface area contributed by atoms with Gasteiger partial charge in [-0.15, -0.1) is 0 Å². The summed E-state index contributed by atoms with van der Waals surface area (Å²) in [6, 6.07) is 0. The number of nitrogens with two attached hydrogens (primary N) is 1. The molecule has 0 aliphatic carbocycles. The van der Waals surface area contributed by atoms with E-state index in [2.05, 4.69) is 29.0 Å². The highest BCUT2D eigenvalue weighted by atomic mass is 15.3. The fourth-order valence-electron chi connectivity index (χ4n) is 2.20. The zero-order chi connectivity index (χ0) is 12.5. The van der Waals surface area contributed by atoms with Crippen molar-refractivity contribution in [2.45, 2.75) is 64.7 Å². The van der Waals surface area contributed by atoms with Crippen LogP contribution in [0.1, 0.15) is 52.4 Å². The molecule has 2 N–H and O–H groups in total. The molecule has 1 aliphatic heterocycles. The highest BCUT2D eigenvalue weighted by Crippen LogP contribution is 2.16. The lowest BCUT2D eigenvalue weighted by Gasteiger charge is -2.26. The van der Waals surface area contributed by atoms with Crippen LogP contribution in [-0.2, 0) is 0 Å². The molecule has 0 saturated heterocycles. The fraction of sp³-hybridized carbons (Fsp3) is 0.786. The standard InChI is InChI=1S/C14H27N3/c1-3-4-5-6-7-8-9-10-14-16-11-12-17(14)13(2)15/h4-5,11,13-14H,3,6-10,12,15H2,1-2H3/b5-4+. The van der Waals surface area contributed by atoms with Gasteiger partial charge in [0.25, 0.3) is 0 Å². The normalized spacial score (nSPS) is 22.6. The molecule has 1 rings (SSSR count). The van der Waals surface area contributed by atoms with Gasteiger partial charge in [0.15, 0.2) is 0 Å². The van der Waals surface area contributed by atoms with Crippen LogP contribution in [0, 0.1) is 0 Å². The zero-order valence-corrected chi connectivity index (χ0v) is 11.3. The lowest BCUT2D eigenvalue weighted by Crippen LogP contribution is -2.43. The molecule has 1 heterocycles. The van der Waals surface area contributed by atoms with Gasteiger partial charge in [0, 0.05) is 12.8 Å². The molecule has 0 bridgehead atoms. The van der Waals surface area contributed by atoms with Gasteiger partial charge in [-0.05, 0) is 39.0 Å². The van der Waals surface area contributed by atoms with Crippen molar-refractivity contribution < 1.29 is 0 Å². The van der Waals surface area contributed by atoms with E-state index in [0.29, 0.717) is 6.17 Å². The summed E-state index contributed by atoms with van der Waals surface area (Å²) < 4.78 is 0. The van der Waals surface area contributed by atoms with E-state index in [1.54, 1.807) is 0 Å². The first-order chi connectivity index (χ1) is 8.25. The Morgan fingerprint density at radius 3 is 2.94 bits per heavy atom. The van der Waals surface area contributed by atoms with E-state index in [-0.39, 0.29) is 6.17 Å². The smallest absolute Gasteiger partial charge is 0.103 e. The highest BCUT2D eigenvalue weighted by molar-refractivity contribution is 5.62. The van der Waals surface area contributed by atoms with E-state index in [4.69, 9.17) is 5.73 Å². The Morgan fingerprint density at radius 1 is 1.41 bits per heavy atom. The second-order valence-electron chi connectivity index (χ2n) is 4.77. The SMILES string of the molecule is CC/C=C/CCCCCC1N=CCN1C(C)N. The lowest BCUT2D eigenvalue weighted by molar-refractivity contribution is 0.182. The van der Waals surface area contributed by atoms with Crippen LogP contribution in [0.15, 0.2) is 17.1 Å². The van der Waals surface area contributed by atoms with Crippen LogP contribution >= 0.6 is 0 Å². The molecule has 17 heavy (non-hydrogen) atoms. The quantitative estimate of drug-likeness (QED) is 0.521. The van der Waals surface area contributed by atoms with Crippen LogP contribution in [0.4, 0.5) is 0 Å². The van der Waals surface area contributed by atoms with Gasteiger partial charge >= 0.3 is 0 Å². The van der Waals surface area contributed by atoms with Gasteiger partial charge in [-0.25, -0.2) is 0 Å². The minimum Gasteiger partial charge on any atom is -0.316 e. The largest absolute Gasteiger partial charge is 0.316 e. The van der Waals surface area contributed by atoms with Crippen molar-refractivity contribution in [3.05, 3.63) is 12.2 Å². The summed E-state index contributed by atoms with van der Waals surface area (Å²) in [4.78, 5) is 6.75. The first kappa shape index (κ1) is 14.4. The molecule has 2 unspecified atom stereocenters. The number of unbranched alkanes of at least 4 members (excludes halogenated alkanes) is 3. The average molecular weight is 237 g/mol. The first-order valence-corrected chi connectivity index (χ1v) is 6.93. The summed E-state index contributed by atoms with van der Waals surface area (Å²) in [6.07, 6.45) is 14.4. The van der Waals surface area contributed by atoms with Crippen molar-refractivity contribution in [1.82, 2.24) is 4.90 Å². The van der Waals surface area contributed by atoms with E-state index < -0.39 is 0 Å². The van der Waals surface area contributed by atoms with Gasteiger partial charge in [0.2, 0.25) is 0 Å². The Hall–Kier alpha value is -0.670. The predicted molar refractivity (Wildman–Crippen MR) is 75.2 cm³/mol. The van der Waals surface area contributed by atoms with Gasteiger partial charge in [0.05, 0.1) is 6.17 Å². The van der Waals surface area contributed by atoms with E-state index in [1.165, 1.54) is 25.7 Å². The maximum absolute atomic E-state index is 5.91. The van der Waals surface area contributed by atoms with E-state index >= 15 is 0 Å². The Kier molecular flexibility index (Phi) is 7.13. The number of rotatable bonds is 8. The third-order valence-electron chi connectivity index (χ3n) is 3.21. The van der Waals surface area contributed by atoms with Crippen molar-refractivity contribution in [3.63, 3.8) is 0 Å². The van der Waals surface area contributed by atoms with Crippen molar-refractivity contribution in [2.75, 3.05) is 6.54 Å². The monoisotopic (exact) mass is 237 g/mol. The minimum absolute atomic E-state index is 0.120. The minimum atomic E-state index is 0.120. The fourth-order valence-corrected chi connectivity index (χ4v) is 2.20. The van der Waals surface area contributed by atoms with Crippen LogP contribution in [-0.4, -0.2) is 30.0 Å². The van der Waals surface area contributed by atoms with Gasteiger partial charge < -0.3 is 5.73 Å². The number of hydrogen-bond donors (Lipinski definition) is 1. The Balaban J connectivity index is 2.06. The Bertz CT molecular complexity index is 246. The zero-order valence-electron chi connectivity index (χ0n) is 11.3. The molecule has 2 atom stereocenters. The number of hydrogen-bond acceptors (Lipinski definition) is 3. The molecule has 1 aliphatic rings. The second kappa shape index (κ2) is 8.43. The van der Waals surface area contributed by atoms with Crippen molar-refractivity contribution >= 4 is 6.21 Å². The van der Waals surface area contributed by atoms with Crippen molar-refractivity contribution in [3.8, 4) is 0 Å². The van der Waals surface area contributed by atoms with Crippen molar-refractivity contribution in [2.24, 2.45) is 10.7 Å². The van der Waals surface area contributed by atoms with Crippen LogP contribution in [0.5, 0.6) is 0 Å². The number of nitrogens with zero attached hydrogens (tertiary/aromatic N) is 2. The summed E-state index contributed by atoms with van der Waals surface area (Å²) in [5, 5.41) is 0. The van der Waals surface area contributed by atoms with Gasteiger partial charge in [-0.1, -0.05) is 25.5 Å². The van der Waals surface area contributed by atoms with Gasteiger partial charge in [-0.3, -0.25) is 9.89 Å². The molecular weight excluding hydrogens is 210 g/mol. The lowest BCUT2D eigenvalue weighted by atomic mass is 10.1. The second-order valence-corrected chi connectivity index (χ2v) is 4.77. The molecule has 98 valence electrons. The third kappa shape index (κ3) is 5.46. The predicted octanol–water partition coefficient (Wildman–Crippen LogP) is 2.92. The molecule has 3 heteroatoms. The molecule has 0 amide bonds. The molecular formula is C14H27N3. The summed E-state index contributed by atoms with van der Waals surface area (Å²) in [7, 11) is 0. The molecule has 3 nitrogen and oxygen atoms in total. The average Bonchev–Trinajstić information content (AvgIpc) is 2.76. The molecule has 0 aromatic carbocycles.